The Kier molecular flexibility index (Phi) is 4.90. The molecule has 0 unspecified atom stereocenters. The first-order chi connectivity index (χ1) is 10.0. The number of ether oxygens (including phenoxy) is 1. The lowest BCUT2D eigenvalue weighted by Crippen LogP contribution is -2.04. The monoisotopic (exact) mass is 355 g/mol. The molecule has 110 valence electrons. The van der Waals surface area contributed by atoms with Crippen molar-refractivity contribution in [1.29, 1.82) is 0 Å². The summed E-state index contributed by atoms with van der Waals surface area (Å²) in [5.41, 5.74) is 1.06. The molecule has 0 saturated carbocycles. The first kappa shape index (κ1) is 15.4. The lowest BCUT2D eigenvalue weighted by atomic mass is 10.1. The summed E-state index contributed by atoms with van der Waals surface area (Å²) in [4.78, 5) is 0. The van der Waals surface area contributed by atoms with Crippen LogP contribution in [-0.4, -0.2) is 10.9 Å². The third-order valence-electron chi connectivity index (χ3n) is 2.88. The van der Waals surface area contributed by atoms with Gasteiger partial charge in [-0.25, -0.2) is 8.78 Å². The maximum absolute atomic E-state index is 13.7. The normalized spacial score (nSPS) is 11.5. The van der Waals surface area contributed by atoms with E-state index in [-0.39, 0.29) is 18.1 Å². The minimum Gasteiger partial charge on any atom is -0.488 e. The molecule has 0 aliphatic rings. The number of oxime groups is 1. The molecule has 2 rings (SSSR count). The van der Waals surface area contributed by atoms with Gasteiger partial charge in [0.05, 0.1) is 5.71 Å². The van der Waals surface area contributed by atoms with Gasteiger partial charge >= 0.3 is 0 Å². The Morgan fingerprint density at radius 2 is 2.00 bits per heavy atom. The number of rotatable bonds is 4. The van der Waals surface area contributed by atoms with E-state index >= 15 is 0 Å². The molecule has 0 heterocycles. The van der Waals surface area contributed by atoms with Gasteiger partial charge in [0.15, 0.2) is 0 Å². The van der Waals surface area contributed by atoms with Crippen LogP contribution in [0.1, 0.15) is 18.1 Å². The molecule has 0 radical (unpaired) electrons. The fourth-order valence-electron chi connectivity index (χ4n) is 1.76. The van der Waals surface area contributed by atoms with Gasteiger partial charge in [0.2, 0.25) is 0 Å². The third-order valence-corrected chi connectivity index (χ3v) is 3.37. The molecule has 0 aliphatic carbocycles. The molecule has 2 aromatic carbocycles. The maximum Gasteiger partial charge on any atom is 0.131 e. The topological polar surface area (TPSA) is 41.8 Å². The second kappa shape index (κ2) is 6.67. The first-order valence-electron chi connectivity index (χ1n) is 6.06. The van der Waals surface area contributed by atoms with E-state index in [1.54, 1.807) is 19.1 Å². The van der Waals surface area contributed by atoms with Crippen LogP contribution in [-0.2, 0) is 6.61 Å². The van der Waals surface area contributed by atoms with Crippen LogP contribution in [0, 0.1) is 11.6 Å². The number of hydrogen-bond acceptors (Lipinski definition) is 3. The smallest absolute Gasteiger partial charge is 0.131 e. The van der Waals surface area contributed by atoms with Crippen molar-refractivity contribution < 1.29 is 18.7 Å². The number of benzene rings is 2. The molecule has 1 N–H and O–H groups in total. The molecule has 0 saturated heterocycles. The van der Waals surface area contributed by atoms with Crippen LogP contribution in [0.2, 0.25) is 0 Å². The van der Waals surface area contributed by atoms with Gasteiger partial charge in [0.25, 0.3) is 0 Å². The standard InChI is InChI=1S/C15H12BrF2NO2/c1-9(19-20)13-5-4-12(17)7-15(13)21-8-10-2-3-11(16)6-14(10)18/h2-7,20H,8H2,1H3. The van der Waals surface area contributed by atoms with Gasteiger partial charge < -0.3 is 9.94 Å². The van der Waals surface area contributed by atoms with Crippen LogP contribution in [0.15, 0.2) is 46.0 Å². The van der Waals surface area contributed by atoms with Crippen molar-refractivity contribution in [2.24, 2.45) is 5.16 Å². The molecule has 0 fully saturated rings. The van der Waals surface area contributed by atoms with E-state index in [9.17, 15) is 8.78 Å². The minimum atomic E-state index is -0.490. The Morgan fingerprint density at radius 3 is 2.67 bits per heavy atom. The predicted octanol–water partition coefficient (Wildman–Crippen LogP) is 4.50. The summed E-state index contributed by atoms with van der Waals surface area (Å²) in [6, 6.07) is 8.43. The van der Waals surface area contributed by atoms with Crippen molar-refractivity contribution in [2.45, 2.75) is 13.5 Å². The van der Waals surface area contributed by atoms with E-state index in [1.165, 1.54) is 24.3 Å². The highest BCUT2D eigenvalue weighted by Gasteiger charge is 2.11. The van der Waals surface area contributed by atoms with E-state index < -0.39 is 11.6 Å². The lowest BCUT2D eigenvalue weighted by Gasteiger charge is -2.11. The summed E-state index contributed by atoms with van der Waals surface area (Å²) in [6.45, 7) is 1.49. The second-order valence-corrected chi connectivity index (χ2v) is 5.27. The van der Waals surface area contributed by atoms with Crippen molar-refractivity contribution in [3.05, 3.63) is 63.6 Å². The summed E-state index contributed by atoms with van der Waals surface area (Å²) < 4.78 is 33.1. The molecular weight excluding hydrogens is 344 g/mol. The highest BCUT2D eigenvalue weighted by atomic mass is 79.9. The molecule has 6 heteroatoms. The molecule has 0 atom stereocenters. The highest BCUT2D eigenvalue weighted by molar-refractivity contribution is 9.10. The lowest BCUT2D eigenvalue weighted by molar-refractivity contribution is 0.296. The van der Waals surface area contributed by atoms with Crippen LogP contribution in [0.4, 0.5) is 8.78 Å². The molecule has 21 heavy (non-hydrogen) atoms. The van der Waals surface area contributed by atoms with Crippen LogP contribution >= 0.6 is 15.9 Å². The van der Waals surface area contributed by atoms with E-state index in [1.807, 2.05) is 0 Å². The molecule has 3 nitrogen and oxygen atoms in total. The Morgan fingerprint density at radius 1 is 1.24 bits per heavy atom. The van der Waals surface area contributed by atoms with E-state index in [0.29, 0.717) is 15.6 Å². The van der Waals surface area contributed by atoms with Crippen molar-refractivity contribution >= 4 is 21.6 Å². The zero-order valence-corrected chi connectivity index (χ0v) is 12.7. The average molecular weight is 356 g/mol. The quantitative estimate of drug-likeness (QED) is 0.498. The van der Waals surface area contributed by atoms with E-state index in [0.717, 1.165) is 0 Å². The summed E-state index contributed by atoms with van der Waals surface area (Å²) in [5.74, 6) is -0.724. The van der Waals surface area contributed by atoms with Gasteiger partial charge in [-0.15, -0.1) is 0 Å². The zero-order chi connectivity index (χ0) is 15.4. The summed E-state index contributed by atoms with van der Waals surface area (Å²) in [6.07, 6.45) is 0. The Labute approximate surface area is 129 Å². The Hall–Kier alpha value is -1.95. The summed E-state index contributed by atoms with van der Waals surface area (Å²) in [7, 11) is 0. The predicted molar refractivity (Wildman–Crippen MR) is 78.8 cm³/mol. The van der Waals surface area contributed by atoms with Crippen LogP contribution in [0.25, 0.3) is 0 Å². The van der Waals surface area contributed by atoms with Crippen molar-refractivity contribution in [1.82, 2.24) is 0 Å². The van der Waals surface area contributed by atoms with Gasteiger partial charge in [-0.05, 0) is 31.2 Å². The Balaban J connectivity index is 2.25. The molecule has 2 aromatic rings. The molecule has 0 aliphatic heterocycles. The van der Waals surface area contributed by atoms with Crippen LogP contribution < -0.4 is 4.74 Å². The molecule has 0 aromatic heterocycles. The second-order valence-electron chi connectivity index (χ2n) is 4.35. The SMILES string of the molecule is CC(=NO)c1ccc(F)cc1OCc1ccc(Br)cc1F. The number of halogens is 3. The van der Waals surface area contributed by atoms with Crippen molar-refractivity contribution in [3.63, 3.8) is 0 Å². The number of nitrogens with zero attached hydrogens (tertiary/aromatic N) is 1. The van der Waals surface area contributed by atoms with Crippen molar-refractivity contribution in [2.75, 3.05) is 0 Å². The largest absolute Gasteiger partial charge is 0.488 e. The van der Waals surface area contributed by atoms with Crippen molar-refractivity contribution in [3.8, 4) is 5.75 Å². The fourth-order valence-corrected chi connectivity index (χ4v) is 2.10. The van der Waals surface area contributed by atoms with Gasteiger partial charge in [0, 0.05) is 21.7 Å². The zero-order valence-electron chi connectivity index (χ0n) is 11.1. The van der Waals surface area contributed by atoms with Gasteiger partial charge in [-0.3, -0.25) is 0 Å². The fraction of sp³-hybridized carbons (Fsp3) is 0.133. The van der Waals surface area contributed by atoms with Gasteiger partial charge in [-0.2, -0.15) is 0 Å². The highest BCUT2D eigenvalue weighted by Crippen LogP contribution is 2.23. The van der Waals surface area contributed by atoms with E-state index in [4.69, 9.17) is 9.94 Å². The maximum atomic E-state index is 13.7. The minimum absolute atomic E-state index is 0.0612. The molecule has 0 spiro atoms. The Bertz CT molecular complexity index is 689. The van der Waals surface area contributed by atoms with Gasteiger partial charge in [0.1, 0.15) is 24.0 Å². The van der Waals surface area contributed by atoms with E-state index in [2.05, 4.69) is 21.1 Å². The summed E-state index contributed by atoms with van der Waals surface area (Å²) in [5, 5.41) is 11.9. The third kappa shape index (κ3) is 3.78. The molecule has 0 bridgehead atoms. The molecular formula is C15H12BrF2NO2. The number of hydrogen-bond donors (Lipinski definition) is 1. The van der Waals surface area contributed by atoms with Crippen LogP contribution in [0.3, 0.4) is 0 Å². The summed E-state index contributed by atoms with van der Waals surface area (Å²) >= 11 is 3.17. The average Bonchev–Trinajstić information content (AvgIpc) is 2.45. The van der Waals surface area contributed by atoms with Gasteiger partial charge in [-0.1, -0.05) is 27.2 Å². The molecule has 0 amide bonds. The first-order valence-corrected chi connectivity index (χ1v) is 6.86. The van der Waals surface area contributed by atoms with Crippen LogP contribution in [0.5, 0.6) is 5.75 Å².